The molecule has 218 valence electrons. The SMILES string of the molecule is C=Nc1cc(CN2CCC(c3ccccc3)CC2)ccc1N=C(C)c1ccc(Cl)cc1.CCC(CC)CC(=O)OC. The van der Waals surface area contributed by atoms with Gasteiger partial charge in [-0.2, -0.15) is 0 Å². The Morgan fingerprint density at radius 2 is 1.66 bits per heavy atom. The van der Waals surface area contributed by atoms with E-state index >= 15 is 0 Å². The fourth-order valence-corrected chi connectivity index (χ4v) is 5.26. The van der Waals surface area contributed by atoms with Crippen LogP contribution in [0, 0.1) is 5.92 Å². The molecule has 0 amide bonds. The molecule has 0 aliphatic carbocycles. The average Bonchev–Trinajstić information content (AvgIpc) is 3.01. The van der Waals surface area contributed by atoms with Crippen molar-refractivity contribution in [1.29, 1.82) is 0 Å². The van der Waals surface area contributed by atoms with Gasteiger partial charge in [0.15, 0.2) is 0 Å². The molecule has 1 fully saturated rings. The summed E-state index contributed by atoms with van der Waals surface area (Å²) in [7, 11) is 1.44. The Morgan fingerprint density at radius 1 is 1.00 bits per heavy atom. The summed E-state index contributed by atoms with van der Waals surface area (Å²) in [5.74, 6) is 1.09. The number of halogens is 1. The first-order valence-electron chi connectivity index (χ1n) is 14.6. The maximum Gasteiger partial charge on any atom is 0.305 e. The van der Waals surface area contributed by atoms with E-state index in [1.807, 2.05) is 31.2 Å². The fourth-order valence-electron chi connectivity index (χ4n) is 5.13. The molecule has 0 saturated carbocycles. The van der Waals surface area contributed by atoms with Crippen molar-refractivity contribution in [1.82, 2.24) is 4.90 Å². The van der Waals surface area contributed by atoms with E-state index in [0.717, 1.165) is 60.1 Å². The zero-order chi connectivity index (χ0) is 29.6. The van der Waals surface area contributed by atoms with Crippen molar-refractivity contribution >= 4 is 41.4 Å². The Labute approximate surface area is 251 Å². The summed E-state index contributed by atoms with van der Waals surface area (Å²) >= 11 is 5.99. The molecule has 3 aromatic carbocycles. The van der Waals surface area contributed by atoms with Crippen molar-refractivity contribution in [2.75, 3.05) is 20.2 Å². The van der Waals surface area contributed by atoms with E-state index in [4.69, 9.17) is 16.6 Å². The molecule has 0 unspecified atom stereocenters. The largest absolute Gasteiger partial charge is 0.469 e. The van der Waals surface area contributed by atoms with E-state index < -0.39 is 0 Å². The predicted molar refractivity (Wildman–Crippen MR) is 173 cm³/mol. The first-order valence-corrected chi connectivity index (χ1v) is 15.0. The number of ether oxygens (including phenoxy) is 1. The Balaban J connectivity index is 0.000000397. The number of hydrogen-bond donors (Lipinski definition) is 0. The van der Waals surface area contributed by atoms with Crippen LogP contribution in [0.1, 0.15) is 75.5 Å². The van der Waals surface area contributed by atoms with Crippen molar-refractivity contribution in [2.24, 2.45) is 15.9 Å². The molecule has 0 atom stereocenters. The van der Waals surface area contributed by atoms with Gasteiger partial charge in [-0.15, -0.1) is 0 Å². The number of carbonyl (C=O) groups is 1. The maximum atomic E-state index is 10.7. The van der Waals surface area contributed by atoms with E-state index in [9.17, 15) is 4.79 Å². The molecule has 0 bridgehead atoms. The number of piperidine rings is 1. The number of aliphatic imine (C=N–C) groups is 2. The zero-order valence-corrected chi connectivity index (χ0v) is 25.7. The van der Waals surface area contributed by atoms with Crippen LogP contribution in [-0.2, 0) is 16.1 Å². The normalized spacial score (nSPS) is 14.3. The molecule has 0 aromatic heterocycles. The number of nitrogens with zero attached hydrogens (tertiary/aromatic N) is 3. The van der Waals surface area contributed by atoms with E-state index in [-0.39, 0.29) is 5.97 Å². The number of carbonyl (C=O) groups excluding carboxylic acids is 1. The van der Waals surface area contributed by atoms with Gasteiger partial charge in [0.25, 0.3) is 0 Å². The first kappa shape index (κ1) is 32.2. The molecular weight excluding hydrogens is 530 g/mol. The van der Waals surface area contributed by atoms with Gasteiger partial charge in [-0.25, -0.2) is 0 Å². The molecule has 0 radical (unpaired) electrons. The summed E-state index contributed by atoms with van der Waals surface area (Å²) in [5.41, 5.74) is 6.36. The number of benzene rings is 3. The molecule has 1 aliphatic heterocycles. The van der Waals surface area contributed by atoms with Crippen LogP contribution >= 0.6 is 11.6 Å². The molecule has 1 heterocycles. The Hall–Kier alpha value is -3.28. The van der Waals surface area contributed by atoms with Gasteiger partial charge in [-0.1, -0.05) is 86.8 Å². The Bertz CT molecular complexity index is 1260. The van der Waals surface area contributed by atoms with E-state index in [2.05, 4.69) is 83.7 Å². The van der Waals surface area contributed by atoms with Crippen molar-refractivity contribution in [3.05, 3.63) is 94.5 Å². The lowest BCUT2D eigenvalue weighted by atomic mass is 9.89. The van der Waals surface area contributed by atoms with E-state index in [1.54, 1.807) is 0 Å². The summed E-state index contributed by atoms with van der Waals surface area (Å²) < 4.78 is 4.55. The van der Waals surface area contributed by atoms with E-state index in [1.165, 1.54) is 31.1 Å². The van der Waals surface area contributed by atoms with Gasteiger partial charge in [-0.05, 0) is 92.4 Å². The van der Waals surface area contributed by atoms with Crippen LogP contribution in [0.3, 0.4) is 0 Å². The molecule has 1 aliphatic rings. The lowest BCUT2D eigenvalue weighted by Gasteiger charge is -2.32. The number of likely N-dealkylation sites (tertiary alicyclic amines) is 1. The minimum atomic E-state index is -0.0892. The minimum absolute atomic E-state index is 0.0892. The van der Waals surface area contributed by atoms with Gasteiger partial charge in [0.2, 0.25) is 0 Å². The maximum absolute atomic E-state index is 10.7. The monoisotopic (exact) mass is 573 g/mol. The number of methoxy groups -OCH3 is 1. The molecule has 3 aromatic rings. The third kappa shape index (κ3) is 10.2. The minimum Gasteiger partial charge on any atom is -0.469 e. The summed E-state index contributed by atoms with van der Waals surface area (Å²) in [5, 5.41) is 0.724. The van der Waals surface area contributed by atoms with Crippen molar-refractivity contribution in [3.63, 3.8) is 0 Å². The number of rotatable bonds is 10. The predicted octanol–water partition coefficient (Wildman–Crippen LogP) is 9.18. The fraction of sp³-hybridized carbons (Fsp3) is 0.400. The summed E-state index contributed by atoms with van der Waals surface area (Å²) in [6.45, 7) is 13.1. The Kier molecular flexibility index (Phi) is 13.3. The summed E-state index contributed by atoms with van der Waals surface area (Å²) in [6.07, 6.45) is 5.11. The molecule has 1 saturated heterocycles. The third-order valence-corrected chi connectivity index (χ3v) is 8.11. The molecule has 41 heavy (non-hydrogen) atoms. The number of hydrogen-bond acceptors (Lipinski definition) is 5. The highest BCUT2D eigenvalue weighted by atomic mass is 35.5. The van der Waals surface area contributed by atoms with Crippen LogP contribution in [0.15, 0.2) is 82.8 Å². The third-order valence-electron chi connectivity index (χ3n) is 7.86. The second-order valence-corrected chi connectivity index (χ2v) is 11.0. The molecule has 0 spiro atoms. The van der Waals surface area contributed by atoms with Crippen LogP contribution in [0.2, 0.25) is 5.02 Å². The van der Waals surface area contributed by atoms with Gasteiger partial charge in [0.05, 0.1) is 18.5 Å². The quantitative estimate of drug-likeness (QED) is 0.179. The summed E-state index contributed by atoms with van der Waals surface area (Å²) in [6, 6.07) is 24.9. The molecular formula is C35H44ClN3O2. The van der Waals surface area contributed by atoms with Gasteiger partial charge in [0, 0.05) is 23.7 Å². The Morgan fingerprint density at radius 3 is 2.24 bits per heavy atom. The van der Waals surface area contributed by atoms with Gasteiger partial charge in [-0.3, -0.25) is 19.7 Å². The topological polar surface area (TPSA) is 54.3 Å². The standard InChI is InChI=1S/C27H28ClN3.C8H16O2/c1-20(22-9-11-25(28)12-10-22)30-26-13-8-21(18-27(26)29-2)19-31-16-14-24(15-17-31)23-6-4-3-5-7-23;1-4-7(5-2)6-8(9)10-3/h3-13,18,24H,2,14-17,19H2,1H3;7H,4-6H2,1-3H3. The van der Waals surface area contributed by atoms with Gasteiger partial charge < -0.3 is 4.74 Å². The average molecular weight is 574 g/mol. The lowest BCUT2D eigenvalue weighted by Crippen LogP contribution is -2.32. The summed E-state index contributed by atoms with van der Waals surface area (Å²) in [4.78, 5) is 22.3. The van der Waals surface area contributed by atoms with Crippen LogP contribution < -0.4 is 0 Å². The van der Waals surface area contributed by atoms with E-state index in [0.29, 0.717) is 18.3 Å². The molecule has 6 heteroatoms. The van der Waals surface area contributed by atoms with Crippen LogP contribution in [0.5, 0.6) is 0 Å². The second kappa shape index (κ2) is 16.9. The smallest absolute Gasteiger partial charge is 0.305 e. The van der Waals surface area contributed by atoms with Gasteiger partial charge in [0.1, 0.15) is 0 Å². The van der Waals surface area contributed by atoms with Crippen LogP contribution in [-0.4, -0.2) is 43.5 Å². The highest BCUT2D eigenvalue weighted by molar-refractivity contribution is 6.30. The zero-order valence-electron chi connectivity index (χ0n) is 25.0. The number of esters is 1. The van der Waals surface area contributed by atoms with Crippen LogP contribution in [0.4, 0.5) is 11.4 Å². The molecule has 0 N–H and O–H groups in total. The highest BCUT2D eigenvalue weighted by Crippen LogP contribution is 2.32. The first-order chi connectivity index (χ1) is 19.9. The second-order valence-electron chi connectivity index (χ2n) is 10.6. The van der Waals surface area contributed by atoms with Crippen molar-refractivity contribution < 1.29 is 9.53 Å². The van der Waals surface area contributed by atoms with Gasteiger partial charge >= 0.3 is 5.97 Å². The highest BCUT2D eigenvalue weighted by Gasteiger charge is 2.20. The van der Waals surface area contributed by atoms with Crippen LogP contribution in [0.25, 0.3) is 0 Å². The lowest BCUT2D eigenvalue weighted by molar-refractivity contribution is -0.141. The van der Waals surface area contributed by atoms with Crippen molar-refractivity contribution in [2.45, 2.75) is 65.3 Å². The molecule has 4 rings (SSSR count). The molecule has 5 nitrogen and oxygen atoms in total. The van der Waals surface area contributed by atoms with Crippen molar-refractivity contribution in [3.8, 4) is 0 Å².